The molecule has 2 aliphatic heterocycles. The second-order valence-electron chi connectivity index (χ2n) is 14.7. The molecule has 1 amide bonds. The molecule has 10 heteroatoms. The molecule has 0 radical (unpaired) electrons. The number of carbonyl (C=O) groups is 1. The van der Waals surface area contributed by atoms with Crippen molar-refractivity contribution in [1.82, 2.24) is 30.4 Å². The number of benzene rings is 3. The molecule has 7 aliphatic rings. The van der Waals surface area contributed by atoms with E-state index in [2.05, 4.69) is 31.8 Å². The van der Waals surface area contributed by atoms with E-state index in [-0.39, 0.29) is 17.3 Å². The summed E-state index contributed by atoms with van der Waals surface area (Å²) in [5.74, 6) is 1.35. The van der Waals surface area contributed by atoms with Crippen LogP contribution in [0.5, 0.6) is 17.5 Å². The van der Waals surface area contributed by atoms with Gasteiger partial charge in [0.15, 0.2) is 11.5 Å². The van der Waals surface area contributed by atoms with E-state index in [1.54, 1.807) is 4.68 Å². The number of aliphatic hydroxyl groups is 1. The van der Waals surface area contributed by atoms with Crippen molar-refractivity contribution in [3.8, 4) is 23.2 Å². The summed E-state index contributed by atoms with van der Waals surface area (Å²) in [5, 5.41) is 28.3. The van der Waals surface area contributed by atoms with E-state index in [1.165, 1.54) is 24.0 Å². The fraction of sp³-hybridized carbons (Fsp3) is 0.459. The molecule has 2 spiro atoms. The average Bonchev–Trinajstić information content (AvgIpc) is 3.66. The highest BCUT2D eigenvalue weighted by molar-refractivity contribution is 5.81. The molecular weight excluding hydrogens is 592 g/mol. The first kappa shape index (κ1) is 27.8. The molecule has 10 nitrogen and oxygen atoms in total. The highest BCUT2D eigenvalue weighted by Crippen LogP contribution is 2.76. The van der Waals surface area contributed by atoms with Crippen LogP contribution in [0.4, 0.5) is 0 Å². The quantitative estimate of drug-likeness (QED) is 0.296. The van der Waals surface area contributed by atoms with Gasteiger partial charge in [-0.15, -0.1) is 0 Å². The van der Waals surface area contributed by atoms with Gasteiger partial charge < -0.3 is 19.9 Å². The normalized spacial score (nSPS) is 32.8. The number of carbonyl (C=O) groups excluding carboxylic acids is 1. The van der Waals surface area contributed by atoms with Crippen LogP contribution in [0.25, 0.3) is 5.69 Å². The number of nitrogens with zero attached hydrogens (tertiary/aromatic N) is 5. The third kappa shape index (κ3) is 3.79. The zero-order chi connectivity index (χ0) is 31.4. The van der Waals surface area contributed by atoms with E-state index in [0.29, 0.717) is 36.9 Å². The van der Waals surface area contributed by atoms with Gasteiger partial charge >= 0.3 is 6.01 Å². The molecule has 2 unspecified atom stereocenters. The molecule has 6 atom stereocenters. The van der Waals surface area contributed by atoms with Gasteiger partial charge in [-0.3, -0.25) is 9.69 Å². The summed E-state index contributed by atoms with van der Waals surface area (Å²) in [4.78, 5) is 16.9. The van der Waals surface area contributed by atoms with Crippen molar-refractivity contribution in [2.24, 2.45) is 17.3 Å². The van der Waals surface area contributed by atoms with Crippen LogP contribution >= 0.6 is 0 Å². The van der Waals surface area contributed by atoms with Crippen LogP contribution < -0.4 is 14.8 Å². The van der Waals surface area contributed by atoms with Crippen molar-refractivity contribution in [1.29, 1.82) is 0 Å². The Labute approximate surface area is 273 Å². The monoisotopic (exact) mass is 630 g/mol. The lowest BCUT2D eigenvalue weighted by Gasteiger charge is -2.73. The van der Waals surface area contributed by atoms with E-state index >= 15 is 0 Å². The van der Waals surface area contributed by atoms with E-state index in [0.717, 1.165) is 49.5 Å². The van der Waals surface area contributed by atoms with Crippen molar-refractivity contribution in [2.75, 3.05) is 13.1 Å². The number of likely N-dealkylation sites (tertiary alicyclic amines) is 1. The van der Waals surface area contributed by atoms with Crippen LogP contribution in [0.15, 0.2) is 72.8 Å². The van der Waals surface area contributed by atoms with Crippen LogP contribution in [0.3, 0.4) is 0 Å². The summed E-state index contributed by atoms with van der Waals surface area (Å²) in [6, 6.07) is 24.3. The Bertz CT molecular complexity index is 1880. The summed E-state index contributed by atoms with van der Waals surface area (Å²) >= 11 is 0. The van der Waals surface area contributed by atoms with Crippen LogP contribution in [0.1, 0.15) is 55.2 Å². The summed E-state index contributed by atoms with van der Waals surface area (Å²) in [5.41, 5.74) is 2.40. The number of piperidine rings is 1. The molecule has 3 aromatic carbocycles. The molecular formula is C37H38N6O4. The predicted molar refractivity (Wildman–Crippen MR) is 171 cm³/mol. The first-order chi connectivity index (χ1) is 23.0. The molecule has 4 aromatic rings. The smallest absolute Gasteiger partial charge is 0.346 e. The van der Waals surface area contributed by atoms with Gasteiger partial charge in [0, 0.05) is 35.5 Å². The molecule has 5 fully saturated rings. The maximum absolute atomic E-state index is 14.1. The van der Waals surface area contributed by atoms with Crippen LogP contribution in [0, 0.1) is 17.3 Å². The third-order valence-electron chi connectivity index (χ3n) is 12.6. The number of nitrogens with one attached hydrogen (secondary N) is 1. The van der Waals surface area contributed by atoms with Crippen LogP contribution in [-0.4, -0.2) is 67.0 Å². The minimum absolute atomic E-state index is 0.0824. The van der Waals surface area contributed by atoms with Crippen molar-refractivity contribution in [3.63, 3.8) is 0 Å². The Morgan fingerprint density at radius 1 is 1.02 bits per heavy atom. The van der Waals surface area contributed by atoms with Crippen molar-refractivity contribution >= 4 is 5.91 Å². The fourth-order valence-electron chi connectivity index (χ4n) is 10.4. The van der Waals surface area contributed by atoms with Crippen LogP contribution in [0.2, 0.25) is 0 Å². The lowest BCUT2D eigenvalue weighted by Crippen LogP contribution is -2.81. The Morgan fingerprint density at radius 2 is 1.83 bits per heavy atom. The van der Waals surface area contributed by atoms with E-state index in [9.17, 15) is 9.90 Å². The number of hydrogen-bond acceptors (Lipinski definition) is 8. The average molecular weight is 631 g/mol. The first-order valence-corrected chi connectivity index (χ1v) is 17.1. The Hall–Kier alpha value is -4.28. The topological polar surface area (TPSA) is 115 Å². The number of fused-ring (bicyclic) bond motifs is 2. The highest BCUT2D eigenvalue weighted by atomic mass is 16.5. The van der Waals surface area contributed by atoms with Gasteiger partial charge in [-0.25, -0.2) is 0 Å². The summed E-state index contributed by atoms with van der Waals surface area (Å²) in [7, 11) is 0. The molecule has 47 heavy (non-hydrogen) atoms. The van der Waals surface area contributed by atoms with Crippen molar-refractivity contribution in [2.45, 2.75) is 74.7 Å². The largest absolute Gasteiger partial charge is 0.482 e. The third-order valence-corrected chi connectivity index (χ3v) is 12.6. The molecule has 1 saturated heterocycles. The van der Waals surface area contributed by atoms with E-state index in [1.807, 2.05) is 66.7 Å². The fourth-order valence-corrected chi connectivity index (χ4v) is 10.4. The zero-order valence-electron chi connectivity index (χ0n) is 26.2. The Balaban J connectivity index is 1.07. The minimum atomic E-state index is -1.30. The van der Waals surface area contributed by atoms with Crippen molar-refractivity contribution in [3.05, 3.63) is 89.5 Å². The molecule has 3 heterocycles. The molecule has 1 aromatic heterocycles. The van der Waals surface area contributed by atoms with Gasteiger partial charge in [-0.05, 0) is 97.2 Å². The van der Waals surface area contributed by atoms with Gasteiger partial charge in [0.2, 0.25) is 5.91 Å². The molecule has 5 aliphatic carbocycles. The standard InChI is InChI=1S/C37H38N6O4/c44-32(38-21-23-7-3-1-4-8-23)27-20-35-15-16-37(27,45)33-36(35)17-18-42(22-24-11-12-24)29(35)19-25-13-14-28(31(47-33)30(25)36)46-34-39-40-41-43(34)26-9-5-2-6-10-26/h1-10,13-14,24,27,29,33,45H,11-12,15-22H2,(H,38,44)/t27-,29-,33?,35?,36+,37-/m1/s1. The van der Waals surface area contributed by atoms with E-state index < -0.39 is 23.0 Å². The maximum atomic E-state index is 14.1. The van der Waals surface area contributed by atoms with Gasteiger partial charge in [0.25, 0.3) is 0 Å². The molecule has 11 rings (SSSR count). The van der Waals surface area contributed by atoms with E-state index in [4.69, 9.17) is 9.47 Å². The number of amides is 1. The van der Waals surface area contributed by atoms with Gasteiger partial charge in [0.05, 0.1) is 11.6 Å². The predicted octanol–water partition coefficient (Wildman–Crippen LogP) is 4.34. The second-order valence-corrected chi connectivity index (χ2v) is 14.7. The lowest BCUT2D eigenvalue weighted by atomic mass is 9.35. The molecule has 240 valence electrons. The number of ether oxygens (including phenoxy) is 2. The van der Waals surface area contributed by atoms with Gasteiger partial charge in [-0.2, -0.15) is 4.68 Å². The minimum Gasteiger partial charge on any atom is -0.482 e. The molecule has 4 bridgehead atoms. The lowest BCUT2D eigenvalue weighted by molar-refractivity contribution is -0.264. The zero-order valence-corrected chi connectivity index (χ0v) is 26.2. The SMILES string of the molecule is O=C(NCc1ccccc1)[C@H]1CC23CC[C@]1(O)C1Oc4c(Oc5nnnn5-c5ccccc5)ccc5c4[C@@]12CCN(CC1CC1)[C@@H]3C5. The first-order valence-electron chi connectivity index (χ1n) is 17.1. The highest BCUT2D eigenvalue weighted by Gasteiger charge is 2.81. The Kier molecular flexibility index (Phi) is 5.84. The maximum Gasteiger partial charge on any atom is 0.346 e. The number of aromatic nitrogens is 4. The summed E-state index contributed by atoms with van der Waals surface area (Å²) in [6.07, 6.45) is 5.96. The molecule has 4 saturated carbocycles. The van der Waals surface area contributed by atoms with Crippen molar-refractivity contribution < 1.29 is 19.4 Å². The number of rotatable bonds is 8. The summed E-state index contributed by atoms with van der Waals surface area (Å²) in [6.45, 7) is 2.53. The number of tetrazole rings is 1. The van der Waals surface area contributed by atoms with Gasteiger partial charge in [0.1, 0.15) is 11.7 Å². The Morgan fingerprint density at radius 3 is 2.64 bits per heavy atom. The number of hydrogen-bond donors (Lipinski definition) is 2. The van der Waals surface area contributed by atoms with Crippen LogP contribution in [-0.2, 0) is 23.2 Å². The van der Waals surface area contributed by atoms with Gasteiger partial charge in [-0.1, -0.05) is 59.7 Å². The summed E-state index contributed by atoms with van der Waals surface area (Å²) < 4.78 is 15.1. The molecule has 2 N–H and O–H groups in total. The second kappa shape index (κ2) is 9.87. The number of para-hydroxylation sites is 1.